The second-order valence-corrected chi connectivity index (χ2v) is 3.73. The first-order valence-corrected chi connectivity index (χ1v) is 4.92. The quantitative estimate of drug-likeness (QED) is 0.813. The van der Waals surface area contributed by atoms with Crippen molar-refractivity contribution in [2.24, 2.45) is 0 Å². The van der Waals surface area contributed by atoms with Crippen LogP contribution in [0.1, 0.15) is 22.6 Å². The normalized spacial score (nSPS) is 10.5. The van der Waals surface area contributed by atoms with Crippen LogP contribution in [0.15, 0.2) is 28.7 Å². The molecule has 0 amide bonds. The minimum atomic E-state index is 0.246. The average Bonchev–Trinajstić information content (AvgIpc) is 2.45. The summed E-state index contributed by atoms with van der Waals surface area (Å²) in [7, 11) is 0. The number of oxazole rings is 1. The van der Waals surface area contributed by atoms with Crippen LogP contribution in [-0.4, -0.2) is 4.98 Å². The number of aryl methyl sites for hydroxylation is 2. The van der Waals surface area contributed by atoms with Crippen molar-refractivity contribution in [1.82, 2.24) is 4.98 Å². The smallest absolute Gasteiger partial charge is 0.292 e. The number of hydrogen-bond acceptors (Lipinski definition) is 3. The third-order valence-electron chi connectivity index (χ3n) is 2.36. The maximum atomic E-state index is 5.49. The fourth-order valence-electron chi connectivity index (χ4n) is 1.62. The first-order chi connectivity index (χ1) is 7.15. The lowest BCUT2D eigenvalue weighted by Gasteiger charge is -2.00. The van der Waals surface area contributed by atoms with Crippen molar-refractivity contribution in [1.29, 1.82) is 0 Å². The minimum absolute atomic E-state index is 0.246. The molecule has 2 aromatic rings. The van der Waals surface area contributed by atoms with Crippen LogP contribution in [-0.2, 0) is 6.42 Å². The van der Waals surface area contributed by atoms with Crippen molar-refractivity contribution in [3.05, 3.63) is 46.8 Å². The van der Waals surface area contributed by atoms with Gasteiger partial charge in [-0.05, 0) is 19.4 Å². The molecule has 1 aromatic heterocycles. The fourth-order valence-corrected chi connectivity index (χ4v) is 1.62. The van der Waals surface area contributed by atoms with Crippen LogP contribution < -0.4 is 5.73 Å². The highest BCUT2D eigenvalue weighted by Gasteiger charge is 2.07. The molecule has 0 saturated heterocycles. The van der Waals surface area contributed by atoms with E-state index in [0.29, 0.717) is 0 Å². The molecule has 0 spiro atoms. The Balaban J connectivity index is 2.25. The van der Waals surface area contributed by atoms with Crippen LogP contribution in [0.4, 0.5) is 6.01 Å². The Kier molecular flexibility index (Phi) is 2.46. The van der Waals surface area contributed by atoms with Crippen molar-refractivity contribution in [2.45, 2.75) is 20.3 Å². The fraction of sp³-hybridized carbons (Fsp3) is 0.250. The van der Waals surface area contributed by atoms with Gasteiger partial charge in [0.05, 0.1) is 5.69 Å². The zero-order valence-corrected chi connectivity index (χ0v) is 8.95. The zero-order chi connectivity index (χ0) is 10.8. The molecular formula is C12H14N2O. The molecule has 0 bridgehead atoms. The number of anilines is 1. The number of hydrogen-bond donors (Lipinski definition) is 1. The lowest BCUT2D eigenvalue weighted by molar-refractivity contribution is 0.532. The first-order valence-electron chi connectivity index (χ1n) is 4.92. The van der Waals surface area contributed by atoms with Gasteiger partial charge in [0.25, 0.3) is 6.01 Å². The molecular weight excluding hydrogens is 188 g/mol. The summed E-state index contributed by atoms with van der Waals surface area (Å²) in [5.41, 5.74) is 8.82. The summed E-state index contributed by atoms with van der Waals surface area (Å²) in [5, 5.41) is 0. The molecule has 0 aliphatic rings. The van der Waals surface area contributed by atoms with E-state index in [1.165, 1.54) is 11.1 Å². The Morgan fingerprint density at radius 1 is 1.33 bits per heavy atom. The van der Waals surface area contributed by atoms with Crippen LogP contribution in [0, 0.1) is 13.8 Å². The molecule has 1 aromatic carbocycles. The number of rotatable bonds is 2. The van der Waals surface area contributed by atoms with Crippen molar-refractivity contribution < 1.29 is 4.42 Å². The molecule has 0 atom stereocenters. The molecule has 0 unspecified atom stereocenters. The molecule has 15 heavy (non-hydrogen) atoms. The van der Waals surface area contributed by atoms with Gasteiger partial charge in [-0.15, -0.1) is 0 Å². The standard InChI is InChI=1S/C12H14N2O/c1-8-4-3-5-10(6-8)7-11-9(2)14-12(13)15-11/h3-6H,7H2,1-2H3,(H2,13,14). The zero-order valence-electron chi connectivity index (χ0n) is 8.95. The predicted octanol–water partition coefficient (Wildman–Crippen LogP) is 2.46. The van der Waals surface area contributed by atoms with Gasteiger partial charge < -0.3 is 10.2 Å². The van der Waals surface area contributed by atoms with Crippen LogP contribution in [0.2, 0.25) is 0 Å². The second kappa shape index (κ2) is 3.77. The molecule has 0 fully saturated rings. The van der Waals surface area contributed by atoms with Gasteiger partial charge in [0, 0.05) is 6.42 Å². The van der Waals surface area contributed by atoms with Crippen molar-refractivity contribution >= 4 is 6.01 Å². The molecule has 0 saturated carbocycles. The van der Waals surface area contributed by atoms with Crippen molar-refractivity contribution in [3.63, 3.8) is 0 Å². The second-order valence-electron chi connectivity index (χ2n) is 3.73. The number of nitrogen functional groups attached to an aromatic ring is 1. The molecule has 2 N–H and O–H groups in total. The van der Waals surface area contributed by atoms with E-state index in [0.717, 1.165) is 17.9 Å². The van der Waals surface area contributed by atoms with E-state index in [1.54, 1.807) is 0 Å². The van der Waals surface area contributed by atoms with Crippen molar-refractivity contribution in [2.75, 3.05) is 5.73 Å². The minimum Gasteiger partial charge on any atom is -0.428 e. The van der Waals surface area contributed by atoms with Gasteiger partial charge in [-0.25, -0.2) is 0 Å². The Morgan fingerprint density at radius 3 is 2.73 bits per heavy atom. The summed E-state index contributed by atoms with van der Waals surface area (Å²) in [6, 6.07) is 8.57. The van der Waals surface area contributed by atoms with Gasteiger partial charge >= 0.3 is 0 Å². The molecule has 3 nitrogen and oxygen atoms in total. The molecule has 2 rings (SSSR count). The molecule has 0 aliphatic heterocycles. The van der Waals surface area contributed by atoms with Gasteiger partial charge in [-0.2, -0.15) is 4.98 Å². The lowest BCUT2D eigenvalue weighted by atomic mass is 10.1. The third kappa shape index (κ3) is 2.18. The monoisotopic (exact) mass is 202 g/mol. The highest BCUT2D eigenvalue weighted by atomic mass is 16.4. The van der Waals surface area contributed by atoms with Gasteiger partial charge in [0.2, 0.25) is 0 Å². The Labute approximate surface area is 88.9 Å². The predicted molar refractivity (Wildman–Crippen MR) is 59.6 cm³/mol. The molecule has 0 aliphatic carbocycles. The average molecular weight is 202 g/mol. The number of benzene rings is 1. The van der Waals surface area contributed by atoms with Crippen LogP contribution in [0.5, 0.6) is 0 Å². The molecule has 1 heterocycles. The highest BCUT2D eigenvalue weighted by molar-refractivity contribution is 5.28. The Bertz CT molecular complexity index is 474. The Morgan fingerprint density at radius 2 is 2.13 bits per heavy atom. The van der Waals surface area contributed by atoms with Crippen LogP contribution in [0.25, 0.3) is 0 Å². The maximum Gasteiger partial charge on any atom is 0.292 e. The van der Waals surface area contributed by atoms with Crippen LogP contribution >= 0.6 is 0 Å². The number of aromatic nitrogens is 1. The third-order valence-corrected chi connectivity index (χ3v) is 2.36. The van der Waals surface area contributed by atoms with Gasteiger partial charge in [-0.3, -0.25) is 0 Å². The van der Waals surface area contributed by atoms with E-state index in [1.807, 2.05) is 13.0 Å². The highest BCUT2D eigenvalue weighted by Crippen LogP contribution is 2.16. The SMILES string of the molecule is Cc1cccc(Cc2oc(N)nc2C)c1. The number of nitrogens with zero attached hydrogens (tertiary/aromatic N) is 1. The Hall–Kier alpha value is -1.77. The summed E-state index contributed by atoms with van der Waals surface area (Å²) in [6.07, 6.45) is 0.748. The van der Waals surface area contributed by atoms with Gasteiger partial charge in [0.15, 0.2) is 0 Å². The van der Waals surface area contributed by atoms with E-state index in [4.69, 9.17) is 10.2 Å². The molecule has 3 heteroatoms. The van der Waals surface area contributed by atoms with Gasteiger partial charge in [0.1, 0.15) is 5.76 Å². The van der Waals surface area contributed by atoms with E-state index >= 15 is 0 Å². The number of nitrogens with two attached hydrogens (primary N) is 1. The molecule has 0 radical (unpaired) electrons. The summed E-state index contributed by atoms with van der Waals surface area (Å²) in [5.74, 6) is 0.845. The summed E-state index contributed by atoms with van der Waals surface area (Å²) in [4.78, 5) is 4.04. The van der Waals surface area contributed by atoms with Crippen molar-refractivity contribution in [3.8, 4) is 0 Å². The molecule has 78 valence electrons. The first kappa shape index (κ1) is 9.77. The summed E-state index contributed by atoms with van der Waals surface area (Å²) < 4.78 is 5.32. The van der Waals surface area contributed by atoms with E-state index in [-0.39, 0.29) is 6.01 Å². The topological polar surface area (TPSA) is 52.0 Å². The summed E-state index contributed by atoms with van der Waals surface area (Å²) in [6.45, 7) is 3.98. The van der Waals surface area contributed by atoms with Gasteiger partial charge in [-0.1, -0.05) is 29.8 Å². The van der Waals surface area contributed by atoms with E-state index < -0.39 is 0 Å². The largest absolute Gasteiger partial charge is 0.428 e. The van der Waals surface area contributed by atoms with E-state index in [2.05, 4.69) is 30.1 Å². The van der Waals surface area contributed by atoms with E-state index in [9.17, 15) is 0 Å². The lowest BCUT2D eigenvalue weighted by Crippen LogP contribution is -1.89. The van der Waals surface area contributed by atoms with Crippen LogP contribution in [0.3, 0.4) is 0 Å². The maximum absolute atomic E-state index is 5.49. The summed E-state index contributed by atoms with van der Waals surface area (Å²) >= 11 is 0.